The molecule has 3 aromatic rings. The van der Waals surface area contributed by atoms with E-state index < -0.39 is 10.4 Å². The molecule has 0 radical (unpaired) electrons. The molecule has 0 spiro atoms. The minimum Gasteiger partial charge on any atom is -0.359 e. The Morgan fingerprint density at radius 1 is 1.08 bits per heavy atom. The zero-order chi connectivity index (χ0) is 17.9. The van der Waals surface area contributed by atoms with Crippen molar-refractivity contribution in [3.8, 4) is 0 Å². The molecule has 5 nitrogen and oxygen atoms in total. The number of hydrogen-bond donors (Lipinski definition) is 2. The van der Waals surface area contributed by atoms with Crippen LogP contribution in [0.1, 0.15) is 16.9 Å². The lowest BCUT2D eigenvalue weighted by Crippen LogP contribution is -2.20. The van der Waals surface area contributed by atoms with Crippen molar-refractivity contribution in [1.29, 1.82) is 0 Å². The van der Waals surface area contributed by atoms with Crippen molar-refractivity contribution in [2.75, 3.05) is 4.72 Å². The first kappa shape index (κ1) is 17.1. The van der Waals surface area contributed by atoms with Crippen LogP contribution in [0, 0.1) is 12.7 Å². The van der Waals surface area contributed by atoms with E-state index in [9.17, 15) is 13.2 Å². The minimum atomic E-state index is -3.48. The summed E-state index contributed by atoms with van der Waals surface area (Å²) in [7, 11) is -3.48. The lowest BCUT2D eigenvalue weighted by molar-refractivity contribution is 0.400. The summed E-state index contributed by atoms with van der Waals surface area (Å²) in [6, 6.07) is 14.2. The van der Waals surface area contributed by atoms with Gasteiger partial charge in [0.15, 0.2) is 0 Å². The fraction of sp³-hybridized carbons (Fsp3) is 0.0556. The largest absolute Gasteiger partial charge is 0.359 e. The highest BCUT2D eigenvalue weighted by atomic mass is 32.3. The molecule has 0 aliphatic rings. The molecule has 7 heteroatoms. The molecule has 1 unspecified atom stereocenters. The number of rotatable bonds is 5. The Bertz CT molecular complexity index is 934. The molecule has 25 heavy (non-hydrogen) atoms. The molecular weight excluding hydrogens is 343 g/mol. The number of halogens is 1. The average Bonchev–Trinajstić information content (AvgIpc) is 2.99. The summed E-state index contributed by atoms with van der Waals surface area (Å²) in [5, 5.41) is 3.65. The van der Waals surface area contributed by atoms with Crippen molar-refractivity contribution >= 4 is 28.4 Å². The summed E-state index contributed by atoms with van der Waals surface area (Å²) in [6.07, 6.45) is 3.67. The summed E-state index contributed by atoms with van der Waals surface area (Å²) >= 11 is 0. The highest BCUT2D eigenvalue weighted by Crippen LogP contribution is 2.21. The van der Waals surface area contributed by atoms with Crippen molar-refractivity contribution < 1.29 is 17.7 Å². The van der Waals surface area contributed by atoms with Gasteiger partial charge >= 0.3 is 10.4 Å². The lowest BCUT2D eigenvalue weighted by atomic mass is 10.1. The van der Waals surface area contributed by atoms with Gasteiger partial charge in [0.25, 0.3) is 0 Å². The average molecular weight is 359 g/mol. The third-order valence-electron chi connectivity index (χ3n) is 3.41. The molecule has 0 amide bonds. The molecule has 1 atom stereocenters. The Kier molecular flexibility index (Phi) is 4.78. The second kappa shape index (κ2) is 7.00. The molecule has 0 fully saturated rings. The van der Waals surface area contributed by atoms with Crippen LogP contribution in [0.2, 0.25) is 0 Å². The Balaban J connectivity index is 1.72. The summed E-state index contributed by atoms with van der Waals surface area (Å²) in [4.78, 5) is 0.229. The Morgan fingerprint density at radius 3 is 2.16 bits per heavy atom. The molecule has 2 N–H and O–H groups in total. The normalized spacial score (nSPS) is 13.7. The maximum Gasteiger partial charge on any atom is 0.347 e. The molecule has 0 bridgehead atoms. The van der Waals surface area contributed by atoms with Gasteiger partial charge in [-0.25, -0.2) is 4.39 Å². The fourth-order valence-electron chi connectivity index (χ4n) is 2.14. The topological polar surface area (TPSA) is 75.4 Å². The van der Waals surface area contributed by atoms with Gasteiger partial charge in [0.2, 0.25) is 10.7 Å². The number of aromatic nitrogens is 1. The molecule has 0 aliphatic carbocycles. The predicted molar refractivity (Wildman–Crippen MR) is 95.6 cm³/mol. The van der Waals surface area contributed by atoms with E-state index in [2.05, 4.69) is 9.88 Å². The lowest BCUT2D eigenvalue weighted by Gasteiger charge is -2.04. The summed E-state index contributed by atoms with van der Waals surface area (Å²) in [6.45, 7) is 1.69. The van der Waals surface area contributed by atoms with Gasteiger partial charge in [0, 0.05) is 6.07 Å². The highest BCUT2D eigenvalue weighted by Gasteiger charge is 2.30. The van der Waals surface area contributed by atoms with Crippen LogP contribution in [0.3, 0.4) is 0 Å². The van der Waals surface area contributed by atoms with Crippen molar-refractivity contribution in [3.63, 3.8) is 0 Å². The van der Waals surface area contributed by atoms with Gasteiger partial charge in [-0.3, -0.25) is 0 Å². The number of aryl methyl sites for hydroxylation is 1. The third-order valence-corrected chi connectivity index (χ3v) is 4.81. The smallest absolute Gasteiger partial charge is 0.347 e. The van der Waals surface area contributed by atoms with Crippen LogP contribution in [-0.2, 0) is 14.6 Å². The van der Waals surface area contributed by atoms with E-state index in [4.69, 9.17) is 4.52 Å². The van der Waals surface area contributed by atoms with Gasteiger partial charge in [-0.15, -0.1) is 0 Å². The zero-order valence-electron chi connectivity index (χ0n) is 13.3. The van der Waals surface area contributed by atoms with Gasteiger partial charge < -0.3 is 4.52 Å². The first-order chi connectivity index (χ1) is 11.9. The molecule has 1 heterocycles. The number of nitrogens with zero attached hydrogens (tertiary/aromatic N) is 1. The molecule has 0 aliphatic heterocycles. The maximum atomic E-state index is 12.9. The second-order valence-corrected chi connectivity index (χ2v) is 7.13. The van der Waals surface area contributed by atoms with E-state index in [1.165, 1.54) is 18.2 Å². The van der Waals surface area contributed by atoms with Gasteiger partial charge in [-0.2, -0.15) is 9.27 Å². The van der Waals surface area contributed by atoms with E-state index >= 15 is 0 Å². The Morgan fingerprint density at radius 2 is 1.64 bits per heavy atom. The van der Waals surface area contributed by atoms with Gasteiger partial charge in [-0.1, -0.05) is 29.4 Å². The minimum absolute atomic E-state index is 0.199. The van der Waals surface area contributed by atoms with E-state index in [0.717, 1.165) is 11.1 Å². The quantitative estimate of drug-likeness (QED) is 0.513. The molecule has 0 saturated heterocycles. The number of benzene rings is 2. The van der Waals surface area contributed by atoms with Crippen molar-refractivity contribution in [3.05, 3.63) is 77.3 Å². The number of hydrogen-bond acceptors (Lipinski definition) is 3. The third kappa shape index (κ3) is 4.40. The van der Waals surface area contributed by atoms with Crippen LogP contribution in [0.25, 0.3) is 12.2 Å². The van der Waals surface area contributed by atoms with Gasteiger partial charge in [0.05, 0.1) is 0 Å². The Labute approximate surface area is 145 Å². The Hall–Kier alpha value is -2.77. The summed E-state index contributed by atoms with van der Waals surface area (Å²) in [5.74, 6) is 0.457. The van der Waals surface area contributed by atoms with Gasteiger partial charge in [0.1, 0.15) is 11.6 Å². The summed E-state index contributed by atoms with van der Waals surface area (Å²) in [5.41, 5.74) is 1.71. The van der Waals surface area contributed by atoms with E-state index in [1.807, 2.05) is 12.2 Å². The first-order valence-electron chi connectivity index (χ1n) is 7.44. The molecule has 3 rings (SSSR count). The first-order valence-corrected chi connectivity index (χ1v) is 8.95. The molecule has 0 saturated carbocycles. The van der Waals surface area contributed by atoms with Crippen LogP contribution in [0.4, 0.5) is 10.2 Å². The van der Waals surface area contributed by atoms with Gasteiger partial charge in [-0.05, 0) is 58.7 Å². The van der Waals surface area contributed by atoms with E-state index in [-0.39, 0.29) is 16.5 Å². The summed E-state index contributed by atoms with van der Waals surface area (Å²) < 4.78 is 42.8. The monoisotopic (exact) mass is 359 g/mol. The van der Waals surface area contributed by atoms with Crippen LogP contribution >= 0.6 is 0 Å². The number of nitrogens with one attached hydrogen (secondary N) is 1. The number of anilines is 1. The second-order valence-electron chi connectivity index (χ2n) is 5.40. The molecule has 1 aromatic heterocycles. The van der Waals surface area contributed by atoms with Crippen LogP contribution in [0.15, 0.2) is 64.0 Å². The fourth-order valence-corrected chi connectivity index (χ4v) is 3.15. The van der Waals surface area contributed by atoms with Crippen LogP contribution in [0.5, 0.6) is 0 Å². The zero-order valence-corrected chi connectivity index (χ0v) is 14.2. The van der Waals surface area contributed by atoms with Crippen molar-refractivity contribution in [1.82, 2.24) is 5.16 Å². The van der Waals surface area contributed by atoms with E-state index in [1.54, 1.807) is 43.3 Å². The predicted octanol–water partition coefficient (Wildman–Crippen LogP) is 4.65. The maximum absolute atomic E-state index is 12.9. The highest BCUT2D eigenvalue weighted by molar-refractivity contribution is 7.99. The van der Waals surface area contributed by atoms with E-state index in [0.29, 0.717) is 5.76 Å². The van der Waals surface area contributed by atoms with Crippen LogP contribution < -0.4 is 4.72 Å². The molecular formula is C18H16FN2O3S+. The standard InChI is InChI=1S/C18H15FN2O3S/c1-13-12-18(20-24-13)21-25(22,23)17-10-6-15(7-11-17)3-2-14-4-8-16(19)9-5-14/h2-12H,1H3,(H-,20,21,22,23)/p+1/b3-2+. The van der Waals surface area contributed by atoms with Crippen molar-refractivity contribution in [2.24, 2.45) is 0 Å². The SMILES string of the molecule is Cc1cc(N[S+](=O)(O)c2ccc(/C=C/c3ccc(F)cc3)cc2)no1. The van der Waals surface area contributed by atoms with Crippen molar-refractivity contribution in [2.45, 2.75) is 11.8 Å². The molecule has 128 valence electrons. The van der Waals surface area contributed by atoms with Crippen LogP contribution in [-0.4, -0.2) is 9.71 Å². The molecule has 2 aromatic carbocycles.